The Morgan fingerprint density at radius 1 is 1.35 bits per heavy atom. The van der Waals surface area contributed by atoms with Crippen molar-refractivity contribution in [2.45, 2.75) is 39.3 Å². The molecule has 0 fully saturated rings. The van der Waals surface area contributed by atoms with Gasteiger partial charge in [-0.25, -0.2) is 0 Å². The molecule has 0 radical (unpaired) electrons. The quantitative estimate of drug-likeness (QED) is 0.763. The van der Waals surface area contributed by atoms with E-state index < -0.39 is 0 Å². The number of benzene rings is 1. The van der Waals surface area contributed by atoms with Gasteiger partial charge in [0.2, 0.25) is 0 Å². The number of nitrogens with one attached hydrogen (secondary N) is 2. The van der Waals surface area contributed by atoms with Crippen LogP contribution in [0.2, 0.25) is 0 Å². The summed E-state index contributed by atoms with van der Waals surface area (Å²) in [6.45, 7) is 4.97. The molecule has 0 saturated carbocycles. The minimum Gasteiger partial charge on any atom is -0.483 e. The number of carbonyl (C=O) groups excluding carboxylic acids is 1. The van der Waals surface area contributed by atoms with Crippen molar-refractivity contribution < 1.29 is 9.53 Å². The Morgan fingerprint density at radius 2 is 2.05 bits per heavy atom. The monoisotopic (exact) mass is 342 g/mol. The van der Waals surface area contributed by atoms with E-state index >= 15 is 0 Å². The maximum Gasteiger partial charge on any atom is 0.258 e. The molecule has 0 aliphatic carbocycles. The summed E-state index contributed by atoms with van der Waals surface area (Å²) in [5.41, 5.74) is 1.16. The molecule has 0 heterocycles. The number of ether oxygens (including phenoxy) is 1. The summed E-state index contributed by atoms with van der Waals surface area (Å²) in [5.74, 6) is 0.606. The topological polar surface area (TPSA) is 50.4 Å². The average molecular weight is 343 g/mol. The van der Waals surface area contributed by atoms with E-state index in [1.54, 1.807) is 0 Å². The fraction of sp³-hybridized carbons (Fsp3) is 0.533. The summed E-state index contributed by atoms with van der Waals surface area (Å²) in [5, 5.41) is 6.04. The Hall–Kier alpha value is -1.07. The van der Waals surface area contributed by atoms with Crippen LogP contribution >= 0.6 is 15.9 Å². The molecule has 2 N–H and O–H groups in total. The molecule has 0 saturated heterocycles. The van der Waals surface area contributed by atoms with Crippen molar-refractivity contribution in [3.63, 3.8) is 0 Å². The highest BCUT2D eigenvalue weighted by Gasteiger charge is 2.10. The lowest BCUT2D eigenvalue weighted by molar-refractivity contribution is -0.123. The predicted molar refractivity (Wildman–Crippen MR) is 84.9 cm³/mol. The average Bonchev–Trinajstić information content (AvgIpc) is 2.44. The van der Waals surface area contributed by atoms with Gasteiger partial charge in [0.25, 0.3) is 5.91 Å². The maximum absolute atomic E-state index is 11.8. The number of carbonyl (C=O) groups is 1. The van der Waals surface area contributed by atoms with Crippen molar-refractivity contribution in [1.82, 2.24) is 10.6 Å². The molecule has 20 heavy (non-hydrogen) atoms. The van der Waals surface area contributed by atoms with Gasteiger partial charge < -0.3 is 15.4 Å². The molecule has 1 aromatic carbocycles. The van der Waals surface area contributed by atoms with Crippen molar-refractivity contribution in [2.24, 2.45) is 0 Å². The van der Waals surface area contributed by atoms with Crippen LogP contribution in [0.3, 0.4) is 0 Å². The van der Waals surface area contributed by atoms with Gasteiger partial charge in [-0.15, -0.1) is 0 Å². The molecule has 1 aromatic rings. The lowest BCUT2D eigenvalue weighted by Gasteiger charge is -2.15. The fourth-order valence-corrected chi connectivity index (χ4v) is 2.42. The summed E-state index contributed by atoms with van der Waals surface area (Å²) in [6.07, 6.45) is 1.87. The molecule has 4 nitrogen and oxygen atoms in total. The number of halogens is 1. The van der Waals surface area contributed by atoms with Crippen LogP contribution < -0.4 is 15.4 Å². The van der Waals surface area contributed by atoms with Crippen molar-refractivity contribution in [3.8, 4) is 5.75 Å². The Kier molecular flexibility index (Phi) is 7.62. The summed E-state index contributed by atoms with van der Waals surface area (Å²) in [7, 11) is 1.90. The van der Waals surface area contributed by atoms with E-state index in [0.29, 0.717) is 5.75 Å². The van der Waals surface area contributed by atoms with E-state index in [9.17, 15) is 4.79 Å². The first-order valence-electron chi connectivity index (χ1n) is 6.95. The molecule has 0 atom stereocenters. The van der Waals surface area contributed by atoms with Gasteiger partial charge in [-0.2, -0.15) is 0 Å². The fourth-order valence-electron chi connectivity index (χ4n) is 1.88. The molecule has 0 unspecified atom stereocenters. The Balaban J connectivity index is 2.51. The smallest absolute Gasteiger partial charge is 0.258 e. The SMILES string of the molecule is CCC(CC)NC(=O)COc1ccc(CNC)cc1Br. The van der Waals surface area contributed by atoms with E-state index in [1.165, 1.54) is 0 Å². The van der Waals surface area contributed by atoms with E-state index in [0.717, 1.165) is 29.4 Å². The number of hydrogen-bond acceptors (Lipinski definition) is 3. The first-order valence-corrected chi connectivity index (χ1v) is 7.75. The molecule has 0 spiro atoms. The van der Waals surface area contributed by atoms with E-state index in [2.05, 4.69) is 40.4 Å². The van der Waals surface area contributed by atoms with Gasteiger partial charge in [0, 0.05) is 12.6 Å². The van der Waals surface area contributed by atoms with E-state index in [1.807, 2.05) is 25.2 Å². The van der Waals surface area contributed by atoms with E-state index in [-0.39, 0.29) is 18.6 Å². The van der Waals surface area contributed by atoms with Crippen LogP contribution in [0.1, 0.15) is 32.3 Å². The Labute approximate surface area is 129 Å². The van der Waals surface area contributed by atoms with Gasteiger partial charge in [-0.3, -0.25) is 4.79 Å². The third-order valence-corrected chi connectivity index (χ3v) is 3.71. The third kappa shape index (κ3) is 5.51. The van der Waals surface area contributed by atoms with Crippen LogP contribution in [-0.2, 0) is 11.3 Å². The predicted octanol–water partition coefficient (Wildman–Crippen LogP) is 2.85. The zero-order valence-electron chi connectivity index (χ0n) is 12.3. The second-order valence-electron chi connectivity index (χ2n) is 4.66. The van der Waals surface area contributed by atoms with Gasteiger partial charge in [0.15, 0.2) is 6.61 Å². The van der Waals surface area contributed by atoms with Crippen molar-refractivity contribution in [3.05, 3.63) is 28.2 Å². The lowest BCUT2D eigenvalue weighted by Crippen LogP contribution is -2.37. The largest absolute Gasteiger partial charge is 0.483 e. The number of amides is 1. The summed E-state index contributed by atoms with van der Waals surface area (Å²) < 4.78 is 6.40. The van der Waals surface area contributed by atoms with Gasteiger partial charge in [0.05, 0.1) is 4.47 Å². The van der Waals surface area contributed by atoms with Crippen LogP contribution in [0.5, 0.6) is 5.75 Å². The van der Waals surface area contributed by atoms with Crippen LogP contribution in [0.15, 0.2) is 22.7 Å². The van der Waals surface area contributed by atoms with Crippen molar-refractivity contribution in [2.75, 3.05) is 13.7 Å². The first-order chi connectivity index (χ1) is 9.60. The van der Waals surface area contributed by atoms with Crippen molar-refractivity contribution in [1.29, 1.82) is 0 Å². The number of rotatable bonds is 8. The molecule has 0 bridgehead atoms. The van der Waals surface area contributed by atoms with Crippen LogP contribution in [0.4, 0.5) is 0 Å². The molecule has 5 heteroatoms. The molecule has 0 aliphatic rings. The van der Waals surface area contributed by atoms with Crippen LogP contribution in [0.25, 0.3) is 0 Å². The van der Waals surface area contributed by atoms with Crippen LogP contribution in [0, 0.1) is 0 Å². The zero-order chi connectivity index (χ0) is 15.0. The van der Waals surface area contributed by atoms with Crippen molar-refractivity contribution >= 4 is 21.8 Å². The Bertz CT molecular complexity index is 434. The standard InChI is InChI=1S/C15H23BrN2O2/c1-4-12(5-2)18-15(19)10-20-14-7-6-11(9-17-3)8-13(14)16/h6-8,12,17H,4-5,9-10H2,1-3H3,(H,18,19). The van der Waals surface area contributed by atoms with E-state index in [4.69, 9.17) is 4.74 Å². The lowest BCUT2D eigenvalue weighted by atomic mass is 10.2. The minimum absolute atomic E-state index is 0.0421. The third-order valence-electron chi connectivity index (χ3n) is 3.09. The highest BCUT2D eigenvalue weighted by atomic mass is 79.9. The molecule has 1 rings (SSSR count). The molecule has 0 aliphatic heterocycles. The highest BCUT2D eigenvalue weighted by molar-refractivity contribution is 9.10. The van der Waals surface area contributed by atoms with Gasteiger partial charge >= 0.3 is 0 Å². The Morgan fingerprint density at radius 3 is 2.60 bits per heavy atom. The molecule has 112 valence electrons. The van der Waals surface area contributed by atoms with Gasteiger partial charge in [0.1, 0.15) is 5.75 Å². The van der Waals surface area contributed by atoms with Gasteiger partial charge in [-0.1, -0.05) is 19.9 Å². The molecular formula is C15H23BrN2O2. The molecular weight excluding hydrogens is 320 g/mol. The zero-order valence-corrected chi connectivity index (χ0v) is 13.9. The van der Waals surface area contributed by atoms with Gasteiger partial charge in [-0.05, 0) is 53.5 Å². The highest BCUT2D eigenvalue weighted by Crippen LogP contribution is 2.25. The second kappa shape index (κ2) is 8.97. The first kappa shape index (κ1) is 17.0. The summed E-state index contributed by atoms with van der Waals surface area (Å²) >= 11 is 3.46. The summed E-state index contributed by atoms with van der Waals surface area (Å²) in [4.78, 5) is 11.8. The summed E-state index contributed by atoms with van der Waals surface area (Å²) in [6, 6.07) is 6.08. The molecule has 1 amide bonds. The normalized spacial score (nSPS) is 10.7. The van der Waals surface area contributed by atoms with Crippen LogP contribution in [-0.4, -0.2) is 25.6 Å². The maximum atomic E-state index is 11.8. The minimum atomic E-state index is -0.0788. The second-order valence-corrected chi connectivity index (χ2v) is 5.52. The number of hydrogen-bond donors (Lipinski definition) is 2. The molecule has 0 aromatic heterocycles.